The highest BCUT2D eigenvalue weighted by Crippen LogP contribution is 2.26. The molecule has 0 atom stereocenters. The van der Waals surface area contributed by atoms with Gasteiger partial charge in [0.2, 0.25) is 0 Å². The summed E-state index contributed by atoms with van der Waals surface area (Å²) >= 11 is 0. The molecule has 0 aliphatic carbocycles. The lowest BCUT2D eigenvalue weighted by molar-refractivity contribution is 1.41. The summed E-state index contributed by atoms with van der Waals surface area (Å²) in [7, 11) is 0. The molecule has 2 aromatic carbocycles. The Morgan fingerprint density at radius 2 is 1.71 bits per heavy atom. The van der Waals surface area contributed by atoms with Gasteiger partial charge in [-0.1, -0.05) is 35.9 Å². The highest BCUT2D eigenvalue weighted by Gasteiger charge is 2.04. The molecule has 0 bridgehead atoms. The maximum Gasteiger partial charge on any atom is 0.0464 e. The molecule has 1 aromatic heterocycles. The van der Waals surface area contributed by atoms with Gasteiger partial charge in [-0.15, -0.1) is 0 Å². The summed E-state index contributed by atoms with van der Waals surface area (Å²) in [5.41, 5.74) is 6.26. The second-order valence-electron chi connectivity index (χ2n) is 4.59. The number of aromatic amines is 1. The van der Waals surface area contributed by atoms with E-state index in [1.807, 2.05) is 0 Å². The van der Waals surface area contributed by atoms with Gasteiger partial charge in [0.1, 0.15) is 0 Å². The van der Waals surface area contributed by atoms with Crippen LogP contribution in [-0.4, -0.2) is 4.98 Å². The average Bonchev–Trinajstić information content (AvgIpc) is 2.74. The van der Waals surface area contributed by atoms with Gasteiger partial charge in [0.15, 0.2) is 0 Å². The lowest BCUT2D eigenvalue weighted by atomic mass is 10.1. The number of benzene rings is 2. The molecule has 1 N–H and O–H groups in total. The molecule has 1 heterocycles. The SMILES string of the molecule is Cc1cccc(-c2cc3c(C)cccc3[nH]2)c1. The van der Waals surface area contributed by atoms with Gasteiger partial charge < -0.3 is 4.98 Å². The molecular formula is C16H15N. The van der Waals surface area contributed by atoms with Crippen molar-refractivity contribution in [3.63, 3.8) is 0 Å². The van der Waals surface area contributed by atoms with E-state index in [0.717, 1.165) is 0 Å². The third-order valence-corrected chi connectivity index (χ3v) is 3.21. The standard InChI is InChI=1S/C16H15N/c1-11-5-3-7-13(9-11)16-10-14-12(2)6-4-8-15(14)17-16/h3-10,17H,1-2H3. The van der Waals surface area contributed by atoms with E-state index in [4.69, 9.17) is 0 Å². The molecule has 3 rings (SSSR count). The number of nitrogens with one attached hydrogen (secondary N) is 1. The lowest BCUT2D eigenvalue weighted by Gasteiger charge is -1.98. The van der Waals surface area contributed by atoms with Crippen LogP contribution in [-0.2, 0) is 0 Å². The molecule has 3 aromatic rings. The van der Waals surface area contributed by atoms with E-state index in [1.54, 1.807) is 0 Å². The number of H-pyrrole nitrogens is 1. The van der Waals surface area contributed by atoms with E-state index < -0.39 is 0 Å². The molecule has 0 radical (unpaired) electrons. The molecule has 0 aliphatic heterocycles. The van der Waals surface area contributed by atoms with Crippen molar-refractivity contribution in [1.82, 2.24) is 4.98 Å². The Bertz CT molecular complexity index is 677. The van der Waals surface area contributed by atoms with Crippen LogP contribution in [0.5, 0.6) is 0 Å². The normalized spacial score (nSPS) is 10.9. The first kappa shape index (κ1) is 10.2. The Morgan fingerprint density at radius 1 is 0.882 bits per heavy atom. The molecule has 0 unspecified atom stereocenters. The fourth-order valence-electron chi connectivity index (χ4n) is 2.27. The van der Waals surface area contributed by atoms with Gasteiger partial charge in [0, 0.05) is 16.6 Å². The molecular weight excluding hydrogens is 206 g/mol. The second kappa shape index (κ2) is 3.77. The number of fused-ring (bicyclic) bond motifs is 1. The number of hydrogen-bond acceptors (Lipinski definition) is 0. The predicted octanol–water partition coefficient (Wildman–Crippen LogP) is 4.45. The van der Waals surface area contributed by atoms with Gasteiger partial charge in [0.25, 0.3) is 0 Å². The first-order valence-corrected chi connectivity index (χ1v) is 5.89. The highest BCUT2D eigenvalue weighted by atomic mass is 14.7. The van der Waals surface area contributed by atoms with Crippen LogP contribution < -0.4 is 0 Å². The quantitative estimate of drug-likeness (QED) is 0.624. The molecule has 0 amide bonds. The van der Waals surface area contributed by atoms with Crippen molar-refractivity contribution in [2.24, 2.45) is 0 Å². The smallest absolute Gasteiger partial charge is 0.0464 e. The second-order valence-corrected chi connectivity index (χ2v) is 4.59. The van der Waals surface area contributed by atoms with E-state index in [9.17, 15) is 0 Å². The van der Waals surface area contributed by atoms with Crippen LogP contribution >= 0.6 is 0 Å². The third-order valence-electron chi connectivity index (χ3n) is 3.21. The average molecular weight is 221 g/mol. The maximum atomic E-state index is 3.48. The molecule has 1 heteroatoms. The molecule has 17 heavy (non-hydrogen) atoms. The zero-order chi connectivity index (χ0) is 11.8. The summed E-state index contributed by atoms with van der Waals surface area (Å²) in [6, 6.07) is 17.2. The van der Waals surface area contributed by atoms with Crippen molar-refractivity contribution in [3.05, 3.63) is 59.7 Å². The summed E-state index contributed by atoms with van der Waals surface area (Å²) in [5.74, 6) is 0. The van der Waals surface area contributed by atoms with Gasteiger partial charge in [-0.2, -0.15) is 0 Å². The van der Waals surface area contributed by atoms with E-state index in [1.165, 1.54) is 33.3 Å². The van der Waals surface area contributed by atoms with Gasteiger partial charge in [-0.05, 0) is 43.2 Å². The van der Waals surface area contributed by atoms with Crippen LogP contribution in [0, 0.1) is 13.8 Å². The van der Waals surface area contributed by atoms with E-state index in [0.29, 0.717) is 0 Å². The van der Waals surface area contributed by atoms with Gasteiger partial charge in [-0.3, -0.25) is 0 Å². The van der Waals surface area contributed by atoms with Gasteiger partial charge >= 0.3 is 0 Å². The Balaban J connectivity index is 2.22. The van der Waals surface area contributed by atoms with Crippen LogP contribution in [0.2, 0.25) is 0 Å². The first-order valence-electron chi connectivity index (χ1n) is 5.89. The van der Waals surface area contributed by atoms with Crippen molar-refractivity contribution >= 4 is 10.9 Å². The monoisotopic (exact) mass is 221 g/mol. The minimum Gasteiger partial charge on any atom is -0.355 e. The van der Waals surface area contributed by atoms with E-state index in [2.05, 4.69) is 67.4 Å². The van der Waals surface area contributed by atoms with Crippen LogP contribution in [0.4, 0.5) is 0 Å². The maximum absolute atomic E-state index is 3.48. The molecule has 0 saturated carbocycles. The van der Waals surface area contributed by atoms with E-state index in [-0.39, 0.29) is 0 Å². The zero-order valence-corrected chi connectivity index (χ0v) is 10.1. The van der Waals surface area contributed by atoms with Crippen LogP contribution in [0.1, 0.15) is 11.1 Å². The summed E-state index contributed by atoms with van der Waals surface area (Å²) in [5, 5.41) is 1.31. The van der Waals surface area contributed by atoms with E-state index >= 15 is 0 Å². The van der Waals surface area contributed by atoms with Crippen LogP contribution in [0.15, 0.2) is 48.5 Å². The first-order chi connectivity index (χ1) is 8.24. The van der Waals surface area contributed by atoms with Crippen molar-refractivity contribution in [2.75, 3.05) is 0 Å². The van der Waals surface area contributed by atoms with Gasteiger partial charge in [0.05, 0.1) is 0 Å². The molecule has 0 aliphatic rings. The Labute approximate surface area is 101 Å². The van der Waals surface area contributed by atoms with Crippen molar-refractivity contribution < 1.29 is 0 Å². The number of hydrogen-bond donors (Lipinski definition) is 1. The fourth-order valence-corrected chi connectivity index (χ4v) is 2.27. The highest BCUT2D eigenvalue weighted by molar-refractivity contribution is 5.88. The molecule has 0 fully saturated rings. The minimum atomic E-state index is 1.19. The Hall–Kier alpha value is -2.02. The summed E-state index contributed by atoms with van der Waals surface area (Å²) in [6.45, 7) is 4.27. The Morgan fingerprint density at radius 3 is 2.47 bits per heavy atom. The fraction of sp³-hybridized carbons (Fsp3) is 0.125. The topological polar surface area (TPSA) is 15.8 Å². The predicted molar refractivity (Wildman–Crippen MR) is 73.2 cm³/mol. The zero-order valence-electron chi connectivity index (χ0n) is 10.1. The Kier molecular flexibility index (Phi) is 2.25. The number of aromatic nitrogens is 1. The molecule has 1 nitrogen and oxygen atoms in total. The van der Waals surface area contributed by atoms with Gasteiger partial charge in [-0.25, -0.2) is 0 Å². The van der Waals surface area contributed by atoms with Crippen LogP contribution in [0.25, 0.3) is 22.2 Å². The minimum absolute atomic E-state index is 1.19. The summed E-state index contributed by atoms with van der Waals surface area (Å²) in [6.07, 6.45) is 0. The lowest BCUT2D eigenvalue weighted by Crippen LogP contribution is -1.78. The summed E-state index contributed by atoms with van der Waals surface area (Å²) in [4.78, 5) is 3.48. The molecule has 0 saturated heterocycles. The third kappa shape index (κ3) is 1.74. The van der Waals surface area contributed by atoms with Crippen molar-refractivity contribution in [3.8, 4) is 11.3 Å². The number of rotatable bonds is 1. The van der Waals surface area contributed by atoms with Crippen molar-refractivity contribution in [1.29, 1.82) is 0 Å². The summed E-state index contributed by atoms with van der Waals surface area (Å²) < 4.78 is 0. The number of aryl methyl sites for hydroxylation is 2. The molecule has 0 spiro atoms. The largest absolute Gasteiger partial charge is 0.355 e. The molecule has 84 valence electrons. The van der Waals surface area contributed by atoms with Crippen LogP contribution in [0.3, 0.4) is 0 Å². The van der Waals surface area contributed by atoms with Crippen molar-refractivity contribution in [2.45, 2.75) is 13.8 Å².